The first-order valence-electron chi connectivity index (χ1n) is 6.98. The minimum atomic E-state index is -0.0896. The van der Waals surface area contributed by atoms with E-state index in [9.17, 15) is 4.79 Å². The molecule has 5 nitrogen and oxygen atoms in total. The molecule has 1 amide bonds. The van der Waals surface area contributed by atoms with E-state index in [0.717, 1.165) is 31.4 Å². The van der Waals surface area contributed by atoms with E-state index in [-0.39, 0.29) is 11.9 Å². The Morgan fingerprint density at radius 1 is 1.30 bits per heavy atom. The Bertz CT molecular complexity index is 468. The quantitative estimate of drug-likeness (QED) is 0.916. The molecule has 1 aromatic rings. The van der Waals surface area contributed by atoms with Gasteiger partial charge in [0.15, 0.2) is 0 Å². The summed E-state index contributed by atoms with van der Waals surface area (Å²) in [5, 5.41) is 3.08. The first-order valence-corrected chi connectivity index (χ1v) is 6.98. The van der Waals surface area contributed by atoms with Crippen molar-refractivity contribution in [3.8, 4) is 5.75 Å². The second-order valence-electron chi connectivity index (χ2n) is 5.21. The molecular formula is C15H22N2O3. The van der Waals surface area contributed by atoms with E-state index in [2.05, 4.69) is 10.3 Å². The van der Waals surface area contributed by atoms with Crippen LogP contribution in [0, 0.1) is 6.92 Å². The van der Waals surface area contributed by atoms with Crippen molar-refractivity contribution in [1.29, 1.82) is 0 Å². The molecule has 0 unspecified atom stereocenters. The van der Waals surface area contributed by atoms with Gasteiger partial charge < -0.3 is 14.8 Å². The van der Waals surface area contributed by atoms with E-state index in [1.807, 2.05) is 6.92 Å². The van der Waals surface area contributed by atoms with Gasteiger partial charge in [-0.05, 0) is 38.7 Å². The summed E-state index contributed by atoms with van der Waals surface area (Å²) in [5.74, 6) is 0.423. The van der Waals surface area contributed by atoms with Gasteiger partial charge in [0.1, 0.15) is 5.75 Å². The molecule has 1 heterocycles. The van der Waals surface area contributed by atoms with Crippen LogP contribution < -0.4 is 10.1 Å². The lowest BCUT2D eigenvalue weighted by atomic mass is 9.93. The molecule has 0 spiro atoms. The highest BCUT2D eigenvalue weighted by atomic mass is 16.5. The molecule has 5 heteroatoms. The van der Waals surface area contributed by atoms with Crippen LogP contribution in [-0.4, -0.2) is 37.3 Å². The number of pyridine rings is 1. The number of methoxy groups -OCH3 is 2. The second-order valence-corrected chi connectivity index (χ2v) is 5.21. The van der Waals surface area contributed by atoms with Crippen LogP contribution in [0.5, 0.6) is 5.75 Å². The molecule has 1 fully saturated rings. The zero-order chi connectivity index (χ0) is 14.5. The van der Waals surface area contributed by atoms with Crippen LogP contribution in [0.25, 0.3) is 0 Å². The number of carbonyl (C=O) groups is 1. The van der Waals surface area contributed by atoms with Gasteiger partial charge in [-0.15, -0.1) is 0 Å². The zero-order valence-electron chi connectivity index (χ0n) is 12.3. The van der Waals surface area contributed by atoms with Gasteiger partial charge in [0.05, 0.1) is 25.0 Å². The fourth-order valence-corrected chi connectivity index (χ4v) is 2.59. The largest absolute Gasteiger partial charge is 0.494 e. The summed E-state index contributed by atoms with van der Waals surface area (Å²) in [5.41, 5.74) is 1.35. The van der Waals surface area contributed by atoms with Gasteiger partial charge in [0.2, 0.25) is 0 Å². The number of ether oxygens (including phenoxy) is 2. The zero-order valence-corrected chi connectivity index (χ0v) is 12.3. The minimum Gasteiger partial charge on any atom is -0.494 e. The van der Waals surface area contributed by atoms with Crippen molar-refractivity contribution in [2.75, 3.05) is 14.2 Å². The van der Waals surface area contributed by atoms with Gasteiger partial charge in [-0.1, -0.05) is 0 Å². The molecule has 1 aliphatic carbocycles. The number of nitrogens with one attached hydrogen (secondary N) is 1. The van der Waals surface area contributed by atoms with Gasteiger partial charge in [0.25, 0.3) is 5.91 Å². The lowest BCUT2D eigenvalue weighted by Crippen LogP contribution is -2.39. The first-order chi connectivity index (χ1) is 9.63. The van der Waals surface area contributed by atoms with E-state index in [1.54, 1.807) is 26.5 Å². The molecule has 20 heavy (non-hydrogen) atoms. The van der Waals surface area contributed by atoms with E-state index in [4.69, 9.17) is 9.47 Å². The predicted molar refractivity (Wildman–Crippen MR) is 76.0 cm³/mol. The standard InChI is InChI=1S/C15H22N2O3/c1-10-8-13(14(20-3)9-16-10)15(18)17-11-4-6-12(19-2)7-5-11/h8-9,11-12H,4-7H2,1-3H3,(H,17,18). The number of aromatic nitrogens is 1. The summed E-state index contributed by atoms with van der Waals surface area (Å²) in [4.78, 5) is 16.5. The van der Waals surface area contributed by atoms with Crippen molar-refractivity contribution < 1.29 is 14.3 Å². The minimum absolute atomic E-state index is 0.0896. The number of aryl methyl sites for hydroxylation is 1. The highest BCUT2D eigenvalue weighted by Gasteiger charge is 2.23. The third kappa shape index (κ3) is 3.48. The van der Waals surface area contributed by atoms with Crippen LogP contribution in [0.2, 0.25) is 0 Å². The summed E-state index contributed by atoms with van der Waals surface area (Å²) in [6.45, 7) is 1.86. The van der Waals surface area contributed by atoms with Crippen molar-refractivity contribution in [3.05, 3.63) is 23.5 Å². The van der Waals surface area contributed by atoms with Crippen molar-refractivity contribution in [2.24, 2.45) is 0 Å². The molecule has 0 atom stereocenters. The highest BCUT2D eigenvalue weighted by molar-refractivity contribution is 5.97. The lowest BCUT2D eigenvalue weighted by Gasteiger charge is -2.28. The molecule has 1 saturated carbocycles. The Morgan fingerprint density at radius 3 is 2.60 bits per heavy atom. The molecular weight excluding hydrogens is 256 g/mol. The predicted octanol–water partition coefficient (Wildman–Crippen LogP) is 2.09. The molecule has 2 rings (SSSR count). The van der Waals surface area contributed by atoms with E-state index in [1.165, 1.54) is 0 Å². The number of carbonyl (C=O) groups excluding carboxylic acids is 1. The summed E-state index contributed by atoms with van der Waals surface area (Å²) >= 11 is 0. The summed E-state index contributed by atoms with van der Waals surface area (Å²) < 4.78 is 10.5. The second kappa shape index (κ2) is 6.70. The smallest absolute Gasteiger partial charge is 0.255 e. The Morgan fingerprint density at radius 2 is 2.00 bits per heavy atom. The number of nitrogens with zero attached hydrogens (tertiary/aromatic N) is 1. The van der Waals surface area contributed by atoms with E-state index < -0.39 is 0 Å². The van der Waals surface area contributed by atoms with E-state index in [0.29, 0.717) is 17.4 Å². The molecule has 0 bridgehead atoms. The van der Waals surface area contributed by atoms with Crippen LogP contribution in [0.15, 0.2) is 12.3 Å². The van der Waals surface area contributed by atoms with Gasteiger partial charge in [0, 0.05) is 18.8 Å². The maximum absolute atomic E-state index is 12.3. The van der Waals surface area contributed by atoms with Crippen molar-refractivity contribution >= 4 is 5.91 Å². The normalized spacial score (nSPS) is 22.4. The third-order valence-corrected chi connectivity index (χ3v) is 3.81. The van der Waals surface area contributed by atoms with Crippen LogP contribution in [0.1, 0.15) is 41.7 Å². The molecule has 0 aliphatic heterocycles. The third-order valence-electron chi connectivity index (χ3n) is 3.81. The molecule has 1 N–H and O–H groups in total. The molecule has 0 aromatic carbocycles. The number of hydrogen-bond acceptors (Lipinski definition) is 4. The average molecular weight is 278 g/mol. The SMILES string of the molecule is COc1cnc(C)cc1C(=O)NC1CCC(OC)CC1. The Balaban J connectivity index is 2.00. The number of amides is 1. The van der Waals surface area contributed by atoms with Gasteiger partial charge in [-0.3, -0.25) is 9.78 Å². The Labute approximate surface area is 119 Å². The lowest BCUT2D eigenvalue weighted by molar-refractivity contribution is 0.0598. The summed E-state index contributed by atoms with van der Waals surface area (Å²) in [7, 11) is 3.29. The topological polar surface area (TPSA) is 60.5 Å². The summed E-state index contributed by atoms with van der Waals surface area (Å²) in [6.07, 6.45) is 5.82. The fraction of sp³-hybridized carbons (Fsp3) is 0.600. The van der Waals surface area contributed by atoms with Crippen LogP contribution in [0.3, 0.4) is 0 Å². The maximum atomic E-state index is 12.3. The van der Waals surface area contributed by atoms with Crippen molar-refractivity contribution in [2.45, 2.75) is 44.8 Å². The van der Waals surface area contributed by atoms with Gasteiger partial charge in [-0.25, -0.2) is 0 Å². The number of hydrogen-bond donors (Lipinski definition) is 1. The molecule has 0 saturated heterocycles. The van der Waals surface area contributed by atoms with Crippen LogP contribution in [0.4, 0.5) is 0 Å². The Kier molecular flexibility index (Phi) is 4.95. The van der Waals surface area contributed by atoms with Crippen molar-refractivity contribution in [3.63, 3.8) is 0 Å². The fourth-order valence-electron chi connectivity index (χ4n) is 2.59. The molecule has 1 aliphatic rings. The van der Waals surface area contributed by atoms with Crippen LogP contribution in [-0.2, 0) is 4.74 Å². The van der Waals surface area contributed by atoms with Crippen LogP contribution >= 0.6 is 0 Å². The summed E-state index contributed by atoms with van der Waals surface area (Å²) in [6, 6.07) is 1.97. The molecule has 1 aromatic heterocycles. The molecule has 110 valence electrons. The Hall–Kier alpha value is -1.62. The number of rotatable bonds is 4. The van der Waals surface area contributed by atoms with Gasteiger partial charge in [-0.2, -0.15) is 0 Å². The average Bonchev–Trinajstić information content (AvgIpc) is 2.48. The molecule has 0 radical (unpaired) electrons. The van der Waals surface area contributed by atoms with E-state index >= 15 is 0 Å². The first kappa shape index (κ1) is 14.8. The van der Waals surface area contributed by atoms with Crippen molar-refractivity contribution in [1.82, 2.24) is 10.3 Å². The maximum Gasteiger partial charge on any atom is 0.255 e. The van der Waals surface area contributed by atoms with Gasteiger partial charge >= 0.3 is 0 Å². The monoisotopic (exact) mass is 278 g/mol. The highest BCUT2D eigenvalue weighted by Crippen LogP contribution is 2.22.